The van der Waals surface area contributed by atoms with E-state index in [1.54, 1.807) is 31.8 Å². The van der Waals surface area contributed by atoms with Crippen LogP contribution in [0.1, 0.15) is 24.4 Å². The standard InChI is InChI=1S/C25H25N5O3/c1-33-23-16-18(6-8-22(23)29-15-12-26-17-29)7-9-24(31)28-13-10-19(11-14-28)30-21-5-3-2-4-20(21)27-25(30)32/h2-9,12,15-17,19H,10-11,13-14H2,1H3,(H,27,32). The van der Waals surface area contributed by atoms with Crippen molar-refractivity contribution in [3.63, 3.8) is 0 Å². The summed E-state index contributed by atoms with van der Waals surface area (Å²) in [4.78, 5) is 34.1. The summed E-state index contributed by atoms with van der Waals surface area (Å²) in [6, 6.07) is 13.6. The quantitative estimate of drug-likeness (QED) is 0.479. The van der Waals surface area contributed by atoms with Crippen LogP contribution in [0.4, 0.5) is 0 Å². The summed E-state index contributed by atoms with van der Waals surface area (Å²) in [6.07, 6.45) is 10.2. The zero-order chi connectivity index (χ0) is 22.8. The van der Waals surface area contributed by atoms with Gasteiger partial charge < -0.3 is 19.2 Å². The number of carbonyl (C=O) groups is 1. The number of carbonyl (C=O) groups excluding carboxylic acids is 1. The van der Waals surface area contributed by atoms with E-state index in [-0.39, 0.29) is 17.6 Å². The summed E-state index contributed by atoms with van der Waals surface area (Å²) in [5.41, 5.74) is 3.44. The van der Waals surface area contributed by atoms with Crippen LogP contribution in [0.5, 0.6) is 5.75 Å². The predicted molar refractivity (Wildman–Crippen MR) is 127 cm³/mol. The second-order valence-corrected chi connectivity index (χ2v) is 8.11. The summed E-state index contributed by atoms with van der Waals surface area (Å²) >= 11 is 0. The molecule has 4 aromatic rings. The lowest BCUT2D eigenvalue weighted by Crippen LogP contribution is -2.39. The number of amides is 1. The molecule has 0 aliphatic carbocycles. The number of aromatic amines is 1. The third-order valence-corrected chi connectivity index (χ3v) is 6.17. The van der Waals surface area contributed by atoms with Crippen LogP contribution in [0.2, 0.25) is 0 Å². The minimum atomic E-state index is -0.0889. The molecule has 0 radical (unpaired) electrons. The lowest BCUT2D eigenvalue weighted by Gasteiger charge is -2.32. The molecule has 5 rings (SSSR count). The van der Waals surface area contributed by atoms with Crippen molar-refractivity contribution in [2.45, 2.75) is 18.9 Å². The summed E-state index contributed by atoms with van der Waals surface area (Å²) in [6.45, 7) is 1.23. The number of ether oxygens (including phenoxy) is 1. The van der Waals surface area contributed by atoms with Gasteiger partial charge in [-0.15, -0.1) is 0 Å². The molecule has 1 N–H and O–H groups in total. The maximum atomic E-state index is 12.8. The first-order chi connectivity index (χ1) is 16.1. The molecule has 0 atom stereocenters. The second kappa shape index (κ2) is 8.82. The second-order valence-electron chi connectivity index (χ2n) is 8.11. The highest BCUT2D eigenvalue weighted by Crippen LogP contribution is 2.26. The monoisotopic (exact) mass is 443 g/mol. The number of methoxy groups -OCH3 is 1. The van der Waals surface area contributed by atoms with Gasteiger partial charge in [0.15, 0.2) is 0 Å². The van der Waals surface area contributed by atoms with Gasteiger partial charge >= 0.3 is 5.69 Å². The minimum absolute atomic E-state index is 0.0302. The highest BCUT2D eigenvalue weighted by atomic mass is 16.5. The number of benzene rings is 2. The Balaban J connectivity index is 1.25. The van der Waals surface area contributed by atoms with Gasteiger partial charge in [0.05, 0.1) is 30.2 Å². The van der Waals surface area contributed by atoms with Crippen molar-refractivity contribution in [3.8, 4) is 11.4 Å². The Bertz CT molecular complexity index is 1360. The first-order valence-electron chi connectivity index (χ1n) is 11.0. The van der Waals surface area contributed by atoms with Crippen LogP contribution in [0, 0.1) is 0 Å². The van der Waals surface area contributed by atoms with Crippen LogP contribution in [0.3, 0.4) is 0 Å². The van der Waals surface area contributed by atoms with E-state index in [0.717, 1.165) is 35.1 Å². The summed E-state index contributed by atoms with van der Waals surface area (Å²) in [7, 11) is 1.62. The zero-order valence-corrected chi connectivity index (χ0v) is 18.3. The number of imidazole rings is 2. The number of nitrogens with zero attached hydrogens (tertiary/aromatic N) is 4. The van der Waals surface area contributed by atoms with Gasteiger partial charge in [0.25, 0.3) is 0 Å². The normalized spacial score (nSPS) is 14.9. The molecule has 0 saturated carbocycles. The summed E-state index contributed by atoms with van der Waals surface area (Å²) < 4.78 is 9.22. The molecule has 1 fully saturated rings. The van der Waals surface area contributed by atoms with Crippen molar-refractivity contribution in [1.82, 2.24) is 24.0 Å². The van der Waals surface area contributed by atoms with Crippen LogP contribution in [-0.4, -0.2) is 50.1 Å². The Labute approximate surface area is 190 Å². The van der Waals surface area contributed by atoms with E-state index in [0.29, 0.717) is 18.8 Å². The Hall–Kier alpha value is -4.07. The highest BCUT2D eigenvalue weighted by Gasteiger charge is 2.25. The number of piperidine rings is 1. The number of hydrogen-bond donors (Lipinski definition) is 1. The molecule has 0 spiro atoms. The first-order valence-corrected chi connectivity index (χ1v) is 11.0. The van der Waals surface area contributed by atoms with Crippen molar-refractivity contribution in [3.05, 3.63) is 83.3 Å². The van der Waals surface area contributed by atoms with Gasteiger partial charge in [-0.3, -0.25) is 9.36 Å². The number of nitrogens with one attached hydrogen (secondary N) is 1. The van der Waals surface area contributed by atoms with Crippen molar-refractivity contribution < 1.29 is 9.53 Å². The molecule has 1 saturated heterocycles. The number of rotatable bonds is 5. The van der Waals surface area contributed by atoms with E-state index in [4.69, 9.17) is 4.74 Å². The molecule has 168 valence electrons. The Kier molecular flexibility index (Phi) is 5.56. The molecule has 33 heavy (non-hydrogen) atoms. The fraction of sp³-hybridized carbons (Fsp3) is 0.240. The molecule has 8 nitrogen and oxygen atoms in total. The Morgan fingerprint density at radius 3 is 2.76 bits per heavy atom. The van der Waals surface area contributed by atoms with E-state index in [2.05, 4.69) is 9.97 Å². The highest BCUT2D eigenvalue weighted by molar-refractivity contribution is 5.92. The Morgan fingerprint density at radius 1 is 1.18 bits per heavy atom. The zero-order valence-electron chi connectivity index (χ0n) is 18.3. The Morgan fingerprint density at radius 2 is 2.00 bits per heavy atom. The van der Waals surface area contributed by atoms with Gasteiger partial charge in [-0.2, -0.15) is 0 Å². The average molecular weight is 444 g/mol. The SMILES string of the molecule is COc1cc(C=CC(=O)N2CCC(n3c(=O)[nH]c4ccccc43)CC2)ccc1-n1ccnc1. The largest absolute Gasteiger partial charge is 0.495 e. The van der Waals surface area contributed by atoms with Gasteiger partial charge in [-0.25, -0.2) is 9.78 Å². The van der Waals surface area contributed by atoms with Crippen molar-refractivity contribution >= 4 is 23.0 Å². The molecule has 2 aromatic carbocycles. The summed E-state index contributed by atoms with van der Waals surface area (Å²) in [5, 5.41) is 0. The molecule has 1 amide bonds. The maximum absolute atomic E-state index is 12.8. The van der Waals surface area contributed by atoms with Crippen LogP contribution in [0.25, 0.3) is 22.8 Å². The number of hydrogen-bond acceptors (Lipinski definition) is 4. The minimum Gasteiger partial charge on any atom is -0.495 e. The lowest BCUT2D eigenvalue weighted by molar-refractivity contribution is -0.127. The topological polar surface area (TPSA) is 85.1 Å². The van der Waals surface area contributed by atoms with Gasteiger partial charge in [0.1, 0.15) is 5.75 Å². The number of aromatic nitrogens is 4. The first kappa shape index (κ1) is 20.8. The average Bonchev–Trinajstić information content (AvgIpc) is 3.50. The fourth-order valence-corrected chi connectivity index (χ4v) is 4.47. The van der Waals surface area contributed by atoms with E-state index >= 15 is 0 Å². The molecular formula is C25H25N5O3. The third kappa shape index (κ3) is 4.07. The lowest BCUT2D eigenvalue weighted by atomic mass is 10.0. The molecule has 2 aromatic heterocycles. The molecular weight excluding hydrogens is 418 g/mol. The van der Waals surface area contributed by atoms with Crippen LogP contribution in [0.15, 0.2) is 72.1 Å². The van der Waals surface area contributed by atoms with Gasteiger partial charge in [-0.05, 0) is 48.7 Å². The van der Waals surface area contributed by atoms with E-state index in [1.165, 1.54) is 0 Å². The smallest absolute Gasteiger partial charge is 0.326 e. The van der Waals surface area contributed by atoms with Gasteiger partial charge in [0.2, 0.25) is 5.91 Å². The maximum Gasteiger partial charge on any atom is 0.326 e. The molecule has 1 aliphatic heterocycles. The van der Waals surface area contributed by atoms with Crippen LogP contribution >= 0.6 is 0 Å². The van der Waals surface area contributed by atoms with Gasteiger partial charge in [-0.1, -0.05) is 18.2 Å². The molecule has 1 aliphatic rings. The molecule has 0 bridgehead atoms. The van der Waals surface area contributed by atoms with E-state index in [1.807, 2.05) is 62.7 Å². The van der Waals surface area contributed by atoms with Crippen molar-refractivity contribution in [2.24, 2.45) is 0 Å². The predicted octanol–water partition coefficient (Wildman–Crippen LogP) is 3.40. The van der Waals surface area contributed by atoms with E-state index in [9.17, 15) is 9.59 Å². The van der Waals surface area contributed by atoms with E-state index < -0.39 is 0 Å². The summed E-state index contributed by atoms with van der Waals surface area (Å²) in [5.74, 6) is 0.671. The number of para-hydroxylation sites is 2. The van der Waals surface area contributed by atoms with Crippen LogP contribution in [-0.2, 0) is 4.79 Å². The molecule has 8 heteroatoms. The van der Waals surface area contributed by atoms with Crippen molar-refractivity contribution in [1.29, 1.82) is 0 Å². The van der Waals surface area contributed by atoms with Gasteiger partial charge in [0, 0.05) is 37.6 Å². The third-order valence-electron chi connectivity index (χ3n) is 6.17. The fourth-order valence-electron chi connectivity index (χ4n) is 4.47. The van der Waals surface area contributed by atoms with Crippen LogP contribution < -0.4 is 10.4 Å². The molecule has 3 heterocycles. The number of fused-ring (bicyclic) bond motifs is 1. The number of H-pyrrole nitrogens is 1. The van der Waals surface area contributed by atoms with Crippen molar-refractivity contribution in [2.75, 3.05) is 20.2 Å². The molecule has 0 unspecified atom stereocenters. The number of likely N-dealkylation sites (tertiary alicyclic amines) is 1.